The van der Waals surface area contributed by atoms with Gasteiger partial charge in [-0.15, -0.1) is 0 Å². The Morgan fingerprint density at radius 3 is 2.82 bits per heavy atom. The number of nitro groups is 1. The first kappa shape index (κ1) is 18.1. The lowest BCUT2D eigenvalue weighted by atomic mass is 10.2. The molecule has 0 spiro atoms. The number of hydrogen-bond acceptors (Lipinski definition) is 5. The molecule has 1 atom stereocenters. The average molecular weight is 309 g/mol. The van der Waals surface area contributed by atoms with Crippen molar-refractivity contribution in [2.45, 2.75) is 26.4 Å². The van der Waals surface area contributed by atoms with Gasteiger partial charge in [-0.05, 0) is 19.0 Å². The first-order valence-electron chi connectivity index (χ1n) is 7.20. The third kappa shape index (κ3) is 6.19. The Hall–Kier alpha value is -1.99. The van der Waals surface area contributed by atoms with E-state index in [1.807, 2.05) is 24.8 Å². The quantitative estimate of drug-likeness (QED) is 0.553. The van der Waals surface area contributed by atoms with Crippen LogP contribution in [0, 0.1) is 10.1 Å². The number of likely N-dealkylation sites (N-methyl/N-ethyl adjacent to an activating group) is 1. The number of rotatable bonds is 9. The second-order valence-corrected chi connectivity index (χ2v) is 5.15. The van der Waals surface area contributed by atoms with Crippen LogP contribution in [-0.2, 0) is 16.1 Å². The zero-order valence-electron chi connectivity index (χ0n) is 13.2. The van der Waals surface area contributed by atoms with E-state index in [-0.39, 0.29) is 24.2 Å². The molecule has 1 rings (SSSR count). The molecule has 1 aromatic carbocycles. The van der Waals surface area contributed by atoms with Gasteiger partial charge < -0.3 is 10.1 Å². The largest absolute Gasteiger partial charge is 0.383 e. The predicted octanol–water partition coefficient (Wildman–Crippen LogP) is 1.57. The second-order valence-electron chi connectivity index (χ2n) is 5.15. The van der Waals surface area contributed by atoms with E-state index in [1.54, 1.807) is 13.2 Å². The normalized spacial score (nSPS) is 12.2. The molecule has 0 bridgehead atoms. The Kier molecular flexibility index (Phi) is 7.48. The van der Waals surface area contributed by atoms with Crippen LogP contribution in [0.1, 0.15) is 19.4 Å². The number of hydrogen-bond donors (Lipinski definition) is 1. The smallest absolute Gasteiger partial charge is 0.269 e. The van der Waals surface area contributed by atoms with Gasteiger partial charge in [-0.1, -0.05) is 19.1 Å². The predicted molar refractivity (Wildman–Crippen MR) is 83.5 cm³/mol. The fraction of sp³-hybridized carbons (Fsp3) is 0.533. The van der Waals surface area contributed by atoms with Crippen molar-refractivity contribution in [2.24, 2.45) is 0 Å². The summed E-state index contributed by atoms with van der Waals surface area (Å²) in [7, 11) is 1.59. The van der Waals surface area contributed by atoms with Crippen LogP contribution in [0.25, 0.3) is 0 Å². The van der Waals surface area contributed by atoms with Crippen LogP contribution in [0.5, 0.6) is 0 Å². The van der Waals surface area contributed by atoms with Gasteiger partial charge in [-0.25, -0.2) is 0 Å². The maximum absolute atomic E-state index is 11.9. The number of carbonyl (C=O) groups excluding carboxylic acids is 1. The minimum absolute atomic E-state index is 0.0472. The summed E-state index contributed by atoms with van der Waals surface area (Å²) >= 11 is 0. The number of amides is 1. The van der Waals surface area contributed by atoms with E-state index in [0.29, 0.717) is 19.7 Å². The second kappa shape index (κ2) is 9.11. The van der Waals surface area contributed by atoms with Crippen molar-refractivity contribution in [1.82, 2.24) is 10.2 Å². The molecule has 22 heavy (non-hydrogen) atoms. The number of nitro benzene ring substituents is 1. The topological polar surface area (TPSA) is 84.7 Å². The minimum atomic E-state index is -0.418. The van der Waals surface area contributed by atoms with E-state index in [2.05, 4.69) is 5.32 Å². The van der Waals surface area contributed by atoms with Gasteiger partial charge in [0.25, 0.3) is 5.69 Å². The molecule has 0 aliphatic rings. The number of nitrogens with zero attached hydrogens (tertiary/aromatic N) is 2. The van der Waals surface area contributed by atoms with Crippen LogP contribution in [0.3, 0.4) is 0 Å². The summed E-state index contributed by atoms with van der Waals surface area (Å²) in [4.78, 5) is 24.2. The summed E-state index contributed by atoms with van der Waals surface area (Å²) in [5.74, 6) is -0.0863. The summed E-state index contributed by atoms with van der Waals surface area (Å²) in [5.41, 5.74) is 0.875. The highest BCUT2D eigenvalue weighted by atomic mass is 16.6. The Labute approximate surface area is 130 Å². The Morgan fingerprint density at radius 2 is 2.23 bits per heavy atom. The van der Waals surface area contributed by atoms with E-state index in [9.17, 15) is 14.9 Å². The highest BCUT2D eigenvalue weighted by Gasteiger charge is 2.13. The van der Waals surface area contributed by atoms with Crippen LogP contribution in [0.2, 0.25) is 0 Å². The first-order valence-corrected chi connectivity index (χ1v) is 7.20. The molecule has 122 valence electrons. The van der Waals surface area contributed by atoms with Crippen molar-refractivity contribution in [2.75, 3.05) is 26.8 Å². The summed E-state index contributed by atoms with van der Waals surface area (Å²) in [6.45, 7) is 5.69. The zero-order chi connectivity index (χ0) is 16.5. The molecule has 1 N–H and O–H groups in total. The van der Waals surface area contributed by atoms with E-state index in [1.165, 1.54) is 12.1 Å². The van der Waals surface area contributed by atoms with Crippen LogP contribution >= 0.6 is 0 Å². The summed E-state index contributed by atoms with van der Waals surface area (Å²) < 4.78 is 4.97. The Bertz CT molecular complexity index is 507. The average Bonchev–Trinajstić information content (AvgIpc) is 2.46. The van der Waals surface area contributed by atoms with Gasteiger partial charge in [0.2, 0.25) is 5.91 Å². The first-order chi connectivity index (χ1) is 10.5. The molecule has 0 aliphatic heterocycles. The number of non-ortho nitro benzene ring substituents is 1. The van der Waals surface area contributed by atoms with Crippen molar-refractivity contribution >= 4 is 11.6 Å². The lowest BCUT2D eigenvalue weighted by Crippen LogP contribution is -2.42. The van der Waals surface area contributed by atoms with Gasteiger partial charge >= 0.3 is 0 Å². The molecule has 0 fully saturated rings. The molecular formula is C15H23N3O4. The number of benzene rings is 1. The molecule has 0 aromatic heterocycles. The van der Waals surface area contributed by atoms with Crippen LogP contribution in [0.4, 0.5) is 5.69 Å². The fourth-order valence-corrected chi connectivity index (χ4v) is 2.12. The molecule has 0 heterocycles. The van der Waals surface area contributed by atoms with Gasteiger partial charge in [-0.3, -0.25) is 19.8 Å². The van der Waals surface area contributed by atoms with Gasteiger partial charge in [0.1, 0.15) is 0 Å². The number of methoxy groups -OCH3 is 1. The van der Waals surface area contributed by atoms with Crippen molar-refractivity contribution in [1.29, 1.82) is 0 Å². The monoisotopic (exact) mass is 309 g/mol. The van der Waals surface area contributed by atoms with Gasteiger partial charge in [0.05, 0.1) is 18.1 Å². The van der Waals surface area contributed by atoms with E-state index >= 15 is 0 Å². The molecule has 7 heteroatoms. The van der Waals surface area contributed by atoms with Crippen molar-refractivity contribution in [3.05, 3.63) is 39.9 Å². The molecule has 0 radical (unpaired) electrons. The lowest BCUT2D eigenvalue weighted by Gasteiger charge is -2.21. The molecule has 0 unspecified atom stereocenters. The number of carbonyl (C=O) groups is 1. The van der Waals surface area contributed by atoms with Crippen molar-refractivity contribution in [3.8, 4) is 0 Å². The summed E-state index contributed by atoms with van der Waals surface area (Å²) in [5, 5.41) is 13.6. The maximum Gasteiger partial charge on any atom is 0.269 e. The maximum atomic E-state index is 11.9. The number of ether oxygens (including phenoxy) is 1. The highest BCUT2D eigenvalue weighted by Crippen LogP contribution is 2.14. The molecule has 0 saturated heterocycles. The molecule has 1 aromatic rings. The highest BCUT2D eigenvalue weighted by molar-refractivity contribution is 5.78. The molecular weight excluding hydrogens is 286 g/mol. The zero-order valence-corrected chi connectivity index (χ0v) is 13.2. The number of nitrogens with one attached hydrogen (secondary N) is 1. The van der Waals surface area contributed by atoms with Crippen LogP contribution in [-0.4, -0.2) is 48.6 Å². The molecule has 0 aliphatic carbocycles. The third-order valence-electron chi connectivity index (χ3n) is 3.17. The minimum Gasteiger partial charge on any atom is -0.383 e. The molecule has 1 amide bonds. The van der Waals surface area contributed by atoms with Crippen molar-refractivity contribution < 1.29 is 14.5 Å². The molecule has 7 nitrogen and oxygen atoms in total. The Morgan fingerprint density at radius 1 is 1.50 bits per heavy atom. The van der Waals surface area contributed by atoms with Crippen molar-refractivity contribution in [3.63, 3.8) is 0 Å². The van der Waals surface area contributed by atoms with Gasteiger partial charge in [-0.2, -0.15) is 0 Å². The van der Waals surface area contributed by atoms with Gasteiger partial charge in [0, 0.05) is 31.8 Å². The summed E-state index contributed by atoms with van der Waals surface area (Å²) in [6.07, 6.45) is 0. The third-order valence-corrected chi connectivity index (χ3v) is 3.17. The van der Waals surface area contributed by atoms with E-state index < -0.39 is 4.92 Å². The van der Waals surface area contributed by atoms with E-state index in [4.69, 9.17) is 4.74 Å². The summed E-state index contributed by atoms with van der Waals surface area (Å²) in [6, 6.07) is 6.42. The standard InChI is InChI=1S/C15H23N3O4/c1-4-17(10-15(19)16-12(2)11-22-3)9-13-6-5-7-14(8-13)18(20)21/h5-8,12H,4,9-11H2,1-3H3,(H,16,19)/t12-/m0/s1. The molecule has 0 saturated carbocycles. The lowest BCUT2D eigenvalue weighted by molar-refractivity contribution is -0.384. The van der Waals surface area contributed by atoms with Gasteiger partial charge in [0.15, 0.2) is 0 Å². The van der Waals surface area contributed by atoms with E-state index in [0.717, 1.165) is 5.56 Å². The Balaban J connectivity index is 2.59. The SMILES string of the molecule is CCN(CC(=O)N[C@@H](C)COC)Cc1cccc([N+](=O)[O-])c1. The fourth-order valence-electron chi connectivity index (χ4n) is 2.12. The van der Waals surface area contributed by atoms with Crippen LogP contribution < -0.4 is 5.32 Å². The van der Waals surface area contributed by atoms with Crippen LogP contribution in [0.15, 0.2) is 24.3 Å².